The quantitative estimate of drug-likeness (QED) is 0.425. The van der Waals surface area contributed by atoms with E-state index in [4.69, 9.17) is 0 Å². The number of hydrogen-bond acceptors (Lipinski definition) is 1. The molecule has 2 atom stereocenters. The van der Waals surface area contributed by atoms with E-state index in [9.17, 15) is 4.79 Å². The van der Waals surface area contributed by atoms with Gasteiger partial charge in [-0.3, -0.25) is 4.79 Å². The van der Waals surface area contributed by atoms with E-state index in [2.05, 4.69) is 97.9 Å². The Morgan fingerprint density at radius 1 is 0.633 bits per heavy atom. The molecule has 0 bridgehead atoms. The first-order chi connectivity index (χ1) is 13.8. The van der Waals surface area contributed by atoms with Gasteiger partial charge in [-0.15, -0.1) is 0 Å². The third kappa shape index (κ3) is 2.16. The number of hydrogen-bond donors (Lipinski definition) is 0. The molecule has 0 saturated heterocycles. The zero-order valence-electron chi connectivity index (χ0n) is 19.5. The standard InChI is InChI=1S/C29H32O/c1-26(2,3)19-13-17-9-10-18-14-20(27(4,5)6)16-23-25-21(11-12-24(25)30)22(15-19)28(17,7)29(18,23)8/h9-16H,1-8H3/t28-,29-/m1/s1. The lowest BCUT2D eigenvalue weighted by Gasteiger charge is -2.58. The minimum atomic E-state index is -0.252. The minimum absolute atomic E-state index is 0.0257. The first kappa shape index (κ1) is 19.5. The minimum Gasteiger partial charge on any atom is -0.289 e. The van der Waals surface area contributed by atoms with Crippen molar-refractivity contribution in [2.75, 3.05) is 0 Å². The number of allylic oxidation sites excluding steroid dienone is 16. The van der Waals surface area contributed by atoms with Crippen molar-refractivity contribution in [2.45, 2.75) is 55.4 Å². The van der Waals surface area contributed by atoms with Crippen LogP contribution in [0.15, 0.2) is 93.2 Å². The molecule has 0 spiro atoms. The average molecular weight is 397 g/mol. The Labute approximate surface area is 181 Å². The van der Waals surface area contributed by atoms with Crippen molar-refractivity contribution in [3.05, 3.63) is 93.2 Å². The van der Waals surface area contributed by atoms with Gasteiger partial charge in [-0.05, 0) is 55.9 Å². The third-order valence-electron chi connectivity index (χ3n) is 8.10. The van der Waals surface area contributed by atoms with Crippen LogP contribution in [0.2, 0.25) is 0 Å². The summed E-state index contributed by atoms with van der Waals surface area (Å²) in [6, 6.07) is 0. The molecule has 0 saturated carbocycles. The maximum absolute atomic E-state index is 13.1. The Morgan fingerprint density at radius 2 is 1.10 bits per heavy atom. The number of rotatable bonds is 0. The lowest BCUT2D eigenvalue weighted by molar-refractivity contribution is -0.111. The van der Waals surface area contributed by atoms with Crippen molar-refractivity contribution in [3.8, 4) is 0 Å². The third-order valence-corrected chi connectivity index (χ3v) is 8.10. The van der Waals surface area contributed by atoms with Gasteiger partial charge in [-0.2, -0.15) is 0 Å². The second-order valence-electron chi connectivity index (χ2n) is 11.8. The van der Waals surface area contributed by atoms with E-state index in [1.165, 1.54) is 33.4 Å². The van der Waals surface area contributed by atoms with E-state index in [-0.39, 0.29) is 27.4 Å². The second kappa shape index (κ2) is 5.44. The molecule has 1 heteroatoms. The molecule has 0 aromatic heterocycles. The molecule has 0 amide bonds. The van der Waals surface area contributed by atoms with Crippen LogP contribution < -0.4 is 0 Å². The van der Waals surface area contributed by atoms with Gasteiger partial charge in [-0.25, -0.2) is 0 Å². The fourth-order valence-electron chi connectivity index (χ4n) is 5.84. The SMILES string of the molecule is CC(C)(C)C1=CC2=C3C=CC(=O)C3=C3C=C(C(C)(C)C)C=C4C=CC(=C1)[C@@]2(C)[C@]43C. The molecule has 0 radical (unpaired) electrons. The molecule has 0 N–H and O–H groups in total. The molecule has 30 heavy (non-hydrogen) atoms. The molecule has 154 valence electrons. The van der Waals surface area contributed by atoms with E-state index >= 15 is 0 Å². The van der Waals surface area contributed by atoms with Gasteiger partial charge in [0.2, 0.25) is 0 Å². The topological polar surface area (TPSA) is 17.1 Å². The summed E-state index contributed by atoms with van der Waals surface area (Å²) in [5.41, 5.74) is 9.48. The van der Waals surface area contributed by atoms with Gasteiger partial charge in [0.25, 0.3) is 0 Å². The zero-order chi connectivity index (χ0) is 21.9. The van der Waals surface area contributed by atoms with Crippen LogP contribution in [0, 0.1) is 21.7 Å². The predicted molar refractivity (Wildman–Crippen MR) is 125 cm³/mol. The summed E-state index contributed by atoms with van der Waals surface area (Å²) >= 11 is 0. The van der Waals surface area contributed by atoms with Crippen LogP contribution in [0.25, 0.3) is 0 Å². The zero-order valence-corrected chi connectivity index (χ0v) is 19.5. The molecule has 5 aliphatic carbocycles. The number of carbonyl (C=O) groups is 1. The number of carbonyl (C=O) groups excluding carboxylic acids is 1. The van der Waals surface area contributed by atoms with Gasteiger partial charge in [0.05, 0.1) is 0 Å². The maximum atomic E-state index is 13.1. The van der Waals surface area contributed by atoms with Crippen molar-refractivity contribution in [1.29, 1.82) is 0 Å². The molecule has 1 nitrogen and oxygen atoms in total. The molecule has 0 aliphatic heterocycles. The summed E-state index contributed by atoms with van der Waals surface area (Å²) in [7, 11) is 0. The molecule has 0 aromatic rings. The highest BCUT2D eigenvalue weighted by molar-refractivity contribution is 6.14. The highest BCUT2D eigenvalue weighted by Crippen LogP contribution is 2.69. The van der Waals surface area contributed by atoms with Crippen LogP contribution in [0.4, 0.5) is 0 Å². The Morgan fingerprint density at radius 3 is 1.60 bits per heavy atom. The fourth-order valence-corrected chi connectivity index (χ4v) is 5.84. The normalized spacial score (nSPS) is 31.9. The Balaban J connectivity index is 1.94. The smallest absolute Gasteiger partial charge is 0.186 e. The van der Waals surface area contributed by atoms with Gasteiger partial charge in [0, 0.05) is 16.4 Å². The molecule has 0 aromatic carbocycles. The van der Waals surface area contributed by atoms with Gasteiger partial charge in [0.15, 0.2) is 5.78 Å². The van der Waals surface area contributed by atoms with E-state index < -0.39 is 0 Å². The molecule has 5 aliphatic rings. The van der Waals surface area contributed by atoms with Crippen molar-refractivity contribution in [1.82, 2.24) is 0 Å². The van der Waals surface area contributed by atoms with Crippen molar-refractivity contribution < 1.29 is 4.79 Å². The summed E-state index contributed by atoms with van der Waals surface area (Å²) in [5, 5.41) is 0. The van der Waals surface area contributed by atoms with Crippen molar-refractivity contribution in [2.24, 2.45) is 21.7 Å². The number of ketones is 1. The van der Waals surface area contributed by atoms with Crippen LogP contribution in [-0.2, 0) is 4.79 Å². The Kier molecular flexibility index (Phi) is 3.54. The predicted octanol–water partition coefficient (Wildman–Crippen LogP) is 7.14. The van der Waals surface area contributed by atoms with Crippen LogP contribution in [0.3, 0.4) is 0 Å². The molecule has 0 heterocycles. The summed E-state index contributed by atoms with van der Waals surface area (Å²) in [5.74, 6) is 0.151. The van der Waals surface area contributed by atoms with Gasteiger partial charge in [-0.1, -0.05) is 97.9 Å². The number of fused-ring (bicyclic) bond motifs is 1. The lowest BCUT2D eigenvalue weighted by atomic mass is 9.44. The summed E-state index contributed by atoms with van der Waals surface area (Å²) in [4.78, 5) is 13.1. The first-order valence-electron chi connectivity index (χ1n) is 11.1. The van der Waals surface area contributed by atoms with Crippen molar-refractivity contribution >= 4 is 5.78 Å². The van der Waals surface area contributed by atoms with Crippen molar-refractivity contribution in [3.63, 3.8) is 0 Å². The molecule has 0 unspecified atom stereocenters. The van der Waals surface area contributed by atoms with Crippen LogP contribution in [-0.4, -0.2) is 5.78 Å². The maximum Gasteiger partial charge on any atom is 0.186 e. The van der Waals surface area contributed by atoms with Crippen LogP contribution in [0.1, 0.15) is 55.4 Å². The summed E-state index contributed by atoms with van der Waals surface area (Å²) in [6.07, 6.45) is 17.9. The monoisotopic (exact) mass is 396 g/mol. The Bertz CT molecular complexity index is 1170. The van der Waals surface area contributed by atoms with Crippen LogP contribution in [0.5, 0.6) is 0 Å². The highest BCUT2D eigenvalue weighted by Gasteiger charge is 2.60. The summed E-state index contributed by atoms with van der Waals surface area (Å²) < 4.78 is 0. The first-order valence-corrected chi connectivity index (χ1v) is 11.1. The molecule has 5 rings (SSSR count). The highest BCUT2D eigenvalue weighted by atomic mass is 16.1. The van der Waals surface area contributed by atoms with E-state index in [0.717, 1.165) is 11.1 Å². The molecular weight excluding hydrogens is 364 g/mol. The second-order valence-corrected chi connectivity index (χ2v) is 11.8. The Hall–Kier alpha value is -2.41. The largest absolute Gasteiger partial charge is 0.289 e. The van der Waals surface area contributed by atoms with Gasteiger partial charge in [0.1, 0.15) is 0 Å². The average Bonchev–Trinajstić information content (AvgIpc) is 3.00. The molecule has 0 fully saturated rings. The molecular formula is C29H32O. The van der Waals surface area contributed by atoms with E-state index in [1.54, 1.807) is 6.08 Å². The summed E-state index contributed by atoms with van der Waals surface area (Å²) in [6.45, 7) is 18.3. The lowest BCUT2D eigenvalue weighted by Crippen LogP contribution is -2.49. The van der Waals surface area contributed by atoms with Gasteiger partial charge >= 0.3 is 0 Å². The van der Waals surface area contributed by atoms with Gasteiger partial charge < -0.3 is 0 Å². The van der Waals surface area contributed by atoms with E-state index in [0.29, 0.717) is 0 Å². The fraction of sp³-hybridized carbons (Fsp3) is 0.414. The van der Waals surface area contributed by atoms with E-state index in [1.807, 2.05) is 0 Å². The van der Waals surface area contributed by atoms with Crippen LogP contribution >= 0.6 is 0 Å².